The molecule has 0 spiro atoms. The van der Waals surface area contributed by atoms with Crippen LogP contribution in [-0.4, -0.2) is 30.2 Å². The molecule has 0 bridgehead atoms. The van der Waals surface area contributed by atoms with E-state index in [0.29, 0.717) is 29.4 Å². The van der Waals surface area contributed by atoms with Gasteiger partial charge in [-0.1, -0.05) is 17.3 Å². The number of carbonyl (C=O) groups excluding carboxylic acids is 2. The first kappa shape index (κ1) is 21.4. The predicted molar refractivity (Wildman–Crippen MR) is 119 cm³/mol. The second kappa shape index (κ2) is 8.74. The summed E-state index contributed by atoms with van der Waals surface area (Å²) in [5.74, 6) is 1.65. The minimum absolute atomic E-state index is 0.163. The van der Waals surface area contributed by atoms with Crippen LogP contribution in [-0.2, 0) is 22.6 Å². The smallest absolute Gasteiger partial charge is 0.268 e. The number of anilines is 2. The van der Waals surface area contributed by atoms with Gasteiger partial charge in [0.15, 0.2) is 6.10 Å². The number of nitrogens with one attached hydrogen (secondary N) is 1. The van der Waals surface area contributed by atoms with Gasteiger partial charge >= 0.3 is 0 Å². The van der Waals surface area contributed by atoms with Crippen LogP contribution in [0.4, 0.5) is 11.4 Å². The van der Waals surface area contributed by atoms with E-state index in [1.54, 1.807) is 37.1 Å². The highest BCUT2D eigenvalue weighted by molar-refractivity contribution is 6.01. The summed E-state index contributed by atoms with van der Waals surface area (Å²) >= 11 is 0. The van der Waals surface area contributed by atoms with Crippen molar-refractivity contribution < 1.29 is 23.6 Å². The number of aromatic nitrogens is 1. The Bertz CT molecular complexity index is 1130. The number of benzene rings is 2. The van der Waals surface area contributed by atoms with Gasteiger partial charge in [-0.2, -0.15) is 0 Å². The molecule has 8 heteroatoms. The van der Waals surface area contributed by atoms with E-state index in [4.69, 9.17) is 14.0 Å². The van der Waals surface area contributed by atoms with Crippen molar-refractivity contribution in [3.05, 3.63) is 65.0 Å². The van der Waals surface area contributed by atoms with E-state index >= 15 is 0 Å². The maximum atomic E-state index is 12.9. The highest BCUT2D eigenvalue weighted by Gasteiger charge is 2.33. The second-order valence-corrected chi connectivity index (χ2v) is 7.74. The van der Waals surface area contributed by atoms with E-state index < -0.39 is 6.10 Å². The molecule has 4 rings (SSSR count). The minimum atomic E-state index is -0.613. The number of fused-ring (bicyclic) bond motifs is 1. The van der Waals surface area contributed by atoms with Gasteiger partial charge in [0.2, 0.25) is 5.91 Å². The van der Waals surface area contributed by atoms with Gasteiger partial charge in [0, 0.05) is 11.3 Å². The fraction of sp³-hybridized carbons (Fsp3) is 0.292. The number of hydrogen-bond donors (Lipinski definition) is 1. The maximum absolute atomic E-state index is 12.9. The van der Waals surface area contributed by atoms with Crippen LogP contribution in [0.25, 0.3) is 0 Å². The lowest BCUT2D eigenvalue weighted by atomic mass is 10.1. The quantitative estimate of drug-likeness (QED) is 0.633. The number of hydrogen-bond acceptors (Lipinski definition) is 6. The molecule has 2 amide bonds. The molecule has 0 saturated heterocycles. The zero-order valence-corrected chi connectivity index (χ0v) is 18.5. The molecule has 0 radical (unpaired) electrons. The van der Waals surface area contributed by atoms with Crippen molar-refractivity contribution in [1.82, 2.24) is 5.16 Å². The molecule has 2 aromatic carbocycles. The van der Waals surface area contributed by atoms with Gasteiger partial charge in [-0.05, 0) is 56.7 Å². The molecule has 1 unspecified atom stereocenters. The number of carbonyl (C=O) groups is 2. The number of ether oxygens (including phenoxy) is 2. The summed E-state index contributed by atoms with van der Waals surface area (Å²) in [6, 6.07) is 12.6. The van der Waals surface area contributed by atoms with Gasteiger partial charge in [-0.3, -0.25) is 9.59 Å². The summed E-state index contributed by atoms with van der Waals surface area (Å²) < 4.78 is 16.2. The third-order valence-electron chi connectivity index (χ3n) is 5.47. The Labute approximate surface area is 186 Å². The van der Waals surface area contributed by atoms with E-state index in [2.05, 4.69) is 10.5 Å². The zero-order valence-electron chi connectivity index (χ0n) is 18.5. The molecule has 8 nitrogen and oxygen atoms in total. The zero-order chi connectivity index (χ0) is 22.8. The first-order chi connectivity index (χ1) is 15.4. The van der Waals surface area contributed by atoms with Crippen molar-refractivity contribution in [2.45, 2.75) is 39.8 Å². The van der Waals surface area contributed by atoms with E-state index in [-0.39, 0.29) is 18.2 Å². The standard InChI is InChI=1S/C24H25N3O5/c1-14-20(15(2)32-26-14)13-27-21-12-18(7-10-22(21)31-16(3)24(27)29)25-23(28)11-17-5-8-19(30-4)9-6-17/h5-10,12,16H,11,13H2,1-4H3,(H,25,28). The molecule has 166 valence electrons. The first-order valence-corrected chi connectivity index (χ1v) is 10.3. The van der Waals surface area contributed by atoms with Crippen molar-refractivity contribution in [3.63, 3.8) is 0 Å². The van der Waals surface area contributed by atoms with E-state index in [0.717, 1.165) is 22.6 Å². The first-order valence-electron chi connectivity index (χ1n) is 10.3. The van der Waals surface area contributed by atoms with Gasteiger partial charge in [-0.15, -0.1) is 0 Å². The second-order valence-electron chi connectivity index (χ2n) is 7.74. The number of rotatable bonds is 6. The van der Waals surface area contributed by atoms with Crippen molar-refractivity contribution in [1.29, 1.82) is 0 Å². The molecule has 32 heavy (non-hydrogen) atoms. The fourth-order valence-electron chi connectivity index (χ4n) is 3.67. The lowest BCUT2D eigenvalue weighted by molar-refractivity contribution is -0.125. The van der Waals surface area contributed by atoms with Crippen LogP contribution in [0.15, 0.2) is 47.0 Å². The van der Waals surface area contributed by atoms with Crippen molar-refractivity contribution in [3.8, 4) is 11.5 Å². The Balaban J connectivity index is 1.55. The minimum Gasteiger partial charge on any atom is -0.497 e. The summed E-state index contributed by atoms with van der Waals surface area (Å²) in [6.45, 7) is 5.69. The molecule has 1 aliphatic rings. The molecule has 2 heterocycles. The Morgan fingerprint density at radius 1 is 1.19 bits per heavy atom. The third-order valence-corrected chi connectivity index (χ3v) is 5.47. The summed E-state index contributed by atoms with van der Waals surface area (Å²) in [6.07, 6.45) is -0.394. The Kier molecular flexibility index (Phi) is 5.85. The van der Waals surface area contributed by atoms with Crippen molar-refractivity contribution in [2.24, 2.45) is 0 Å². The summed E-state index contributed by atoms with van der Waals surface area (Å²) in [5.41, 5.74) is 3.63. The highest BCUT2D eigenvalue weighted by Crippen LogP contribution is 2.37. The molecule has 1 aliphatic heterocycles. The number of aryl methyl sites for hydroxylation is 2. The monoisotopic (exact) mass is 435 g/mol. The van der Waals surface area contributed by atoms with Crippen LogP contribution < -0.4 is 19.7 Å². The van der Waals surface area contributed by atoms with E-state index in [1.807, 2.05) is 38.1 Å². The number of amides is 2. The van der Waals surface area contributed by atoms with E-state index in [9.17, 15) is 9.59 Å². The molecule has 1 aromatic heterocycles. The third kappa shape index (κ3) is 4.30. The molecule has 1 atom stereocenters. The summed E-state index contributed by atoms with van der Waals surface area (Å²) in [5, 5.41) is 6.88. The summed E-state index contributed by atoms with van der Waals surface area (Å²) in [4.78, 5) is 27.1. The topological polar surface area (TPSA) is 93.9 Å². The van der Waals surface area contributed by atoms with Crippen molar-refractivity contribution in [2.75, 3.05) is 17.3 Å². The van der Waals surface area contributed by atoms with Gasteiger partial charge in [0.1, 0.15) is 17.3 Å². The lowest BCUT2D eigenvalue weighted by Gasteiger charge is -2.33. The number of methoxy groups -OCH3 is 1. The largest absolute Gasteiger partial charge is 0.497 e. The van der Waals surface area contributed by atoms with Gasteiger partial charge in [0.05, 0.1) is 31.5 Å². The SMILES string of the molecule is COc1ccc(CC(=O)Nc2ccc3c(c2)N(Cc2c(C)noc2C)C(=O)C(C)O3)cc1. The van der Waals surface area contributed by atoms with Gasteiger partial charge < -0.3 is 24.2 Å². The molecule has 0 aliphatic carbocycles. The predicted octanol–water partition coefficient (Wildman–Crippen LogP) is 3.80. The lowest BCUT2D eigenvalue weighted by Crippen LogP contribution is -2.44. The normalized spacial score (nSPS) is 15.2. The molecule has 0 saturated carbocycles. The summed E-state index contributed by atoms with van der Waals surface area (Å²) in [7, 11) is 1.60. The highest BCUT2D eigenvalue weighted by atomic mass is 16.5. The maximum Gasteiger partial charge on any atom is 0.268 e. The van der Waals surface area contributed by atoms with Crippen LogP contribution in [0.1, 0.15) is 29.5 Å². The number of nitrogens with zero attached hydrogens (tertiary/aromatic N) is 2. The van der Waals surface area contributed by atoms with E-state index in [1.165, 1.54) is 0 Å². The van der Waals surface area contributed by atoms with Gasteiger partial charge in [-0.25, -0.2) is 0 Å². The average Bonchev–Trinajstić information content (AvgIpc) is 3.09. The van der Waals surface area contributed by atoms with Crippen LogP contribution >= 0.6 is 0 Å². The average molecular weight is 435 g/mol. The van der Waals surface area contributed by atoms with Crippen molar-refractivity contribution >= 4 is 23.2 Å². The molecule has 1 N–H and O–H groups in total. The molecule has 3 aromatic rings. The Morgan fingerprint density at radius 3 is 2.59 bits per heavy atom. The van der Waals surface area contributed by atoms with Gasteiger partial charge in [0.25, 0.3) is 5.91 Å². The van der Waals surface area contributed by atoms with Crippen LogP contribution in [0.2, 0.25) is 0 Å². The van der Waals surface area contributed by atoms with Crippen LogP contribution in [0.3, 0.4) is 0 Å². The van der Waals surface area contributed by atoms with Crippen LogP contribution in [0, 0.1) is 13.8 Å². The molecular formula is C24H25N3O5. The Hall–Kier alpha value is -3.81. The molecule has 0 fully saturated rings. The molecular weight excluding hydrogens is 410 g/mol. The fourth-order valence-corrected chi connectivity index (χ4v) is 3.67. The Morgan fingerprint density at radius 2 is 1.94 bits per heavy atom. The van der Waals surface area contributed by atoms with Crippen LogP contribution in [0.5, 0.6) is 11.5 Å².